The highest BCUT2D eigenvalue weighted by Crippen LogP contribution is 2.27. The lowest BCUT2D eigenvalue weighted by Gasteiger charge is -2.29. The van der Waals surface area contributed by atoms with E-state index in [0.717, 1.165) is 43.9 Å². The third-order valence-corrected chi connectivity index (χ3v) is 3.76. The number of aryl methyl sites for hydroxylation is 2. The Kier molecular flexibility index (Phi) is 2.96. The maximum absolute atomic E-state index is 4.81. The van der Waals surface area contributed by atoms with E-state index < -0.39 is 0 Å². The van der Waals surface area contributed by atoms with Gasteiger partial charge in [0.15, 0.2) is 0 Å². The first kappa shape index (κ1) is 11.5. The van der Waals surface area contributed by atoms with Crippen molar-refractivity contribution in [1.29, 1.82) is 0 Å². The van der Waals surface area contributed by atoms with E-state index in [4.69, 9.17) is 4.98 Å². The second-order valence-electron chi connectivity index (χ2n) is 4.82. The van der Waals surface area contributed by atoms with E-state index in [-0.39, 0.29) is 0 Å². The molecule has 3 rings (SSSR count). The van der Waals surface area contributed by atoms with Crippen LogP contribution in [0.2, 0.25) is 0 Å². The Morgan fingerprint density at radius 3 is 2.78 bits per heavy atom. The fraction of sp³-hybridized carbons (Fsp3) is 0.500. The molecule has 2 heterocycles. The minimum atomic E-state index is 0.978. The maximum Gasteiger partial charge on any atom is 0.112 e. The summed E-state index contributed by atoms with van der Waals surface area (Å²) in [5.74, 6) is 1.16. The van der Waals surface area contributed by atoms with Crippen molar-refractivity contribution >= 4 is 16.7 Å². The molecule has 96 valence electrons. The van der Waals surface area contributed by atoms with Crippen molar-refractivity contribution < 1.29 is 0 Å². The van der Waals surface area contributed by atoms with Crippen molar-refractivity contribution in [2.45, 2.75) is 13.3 Å². The number of hydrogen-bond acceptors (Lipinski definition) is 3. The fourth-order valence-corrected chi connectivity index (χ4v) is 2.72. The molecular weight excluding hydrogens is 224 g/mol. The summed E-state index contributed by atoms with van der Waals surface area (Å²) >= 11 is 0. The highest BCUT2D eigenvalue weighted by atomic mass is 15.2. The average Bonchev–Trinajstić information content (AvgIpc) is 2.77. The molecule has 1 fully saturated rings. The Morgan fingerprint density at radius 2 is 2.06 bits per heavy atom. The van der Waals surface area contributed by atoms with Crippen LogP contribution in [0.4, 0.5) is 5.69 Å². The van der Waals surface area contributed by atoms with Gasteiger partial charge >= 0.3 is 0 Å². The first-order valence-corrected chi connectivity index (χ1v) is 6.71. The molecule has 4 heteroatoms. The molecule has 1 aromatic carbocycles. The van der Waals surface area contributed by atoms with Crippen LogP contribution in [-0.2, 0) is 13.5 Å². The number of nitrogens with zero attached hydrogens (tertiary/aromatic N) is 3. The zero-order valence-corrected chi connectivity index (χ0v) is 11.1. The van der Waals surface area contributed by atoms with Gasteiger partial charge in [0.1, 0.15) is 11.3 Å². The molecule has 4 nitrogen and oxygen atoms in total. The number of hydrogen-bond donors (Lipinski definition) is 1. The number of para-hydroxylation sites is 1. The van der Waals surface area contributed by atoms with Crippen LogP contribution in [0.1, 0.15) is 12.7 Å². The molecule has 0 aliphatic carbocycles. The summed E-state index contributed by atoms with van der Waals surface area (Å²) < 4.78 is 2.21. The lowest BCUT2D eigenvalue weighted by Crippen LogP contribution is -2.43. The summed E-state index contributed by atoms with van der Waals surface area (Å²) in [6.07, 6.45) is 0.978. The zero-order chi connectivity index (χ0) is 12.5. The third-order valence-electron chi connectivity index (χ3n) is 3.76. The Bertz CT molecular complexity index is 552. The number of benzene rings is 1. The van der Waals surface area contributed by atoms with Gasteiger partial charge in [-0.1, -0.05) is 13.0 Å². The second kappa shape index (κ2) is 4.61. The molecule has 0 saturated carbocycles. The molecule has 1 N–H and O–H groups in total. The van der Waals surface area contributed by atoms with Crippen LogP contribution >= 0.6 is 0 Å². The average molecular weight is 244 g/mol. The largest absolute Gasteiger partial charge is 0.367 e. The van der Waals surface area contributed by atoms with Gasteiger partial charge in [-0.15, -0.1) is 0 Å². The molecule has 1 aliphatic rings. The predicted octanol–water partition coefficient (Wildman–Crippen LogP) is 1.55. The van der Waals surface area contributed by atoms with E-state index in [1.54, 1.807) is 0 Å². The van der Waals surface area contributed by atoms with Gasteiger partial charge in [-0.2, -0.15) is 0 Å². The summed E-state index contributed by atoms with van der Waals surface area (Å²) in [4.78, 5) is 7.24. The van der Waals surface area contributed by atoms with E-state index in [2.05, 4.69) is 47.0 Å². The normalized spacial score (nSPS) is 16.4. The number of imidazole rings is 1. The molecule has 0 atom stereocenters. The van der Waals surface area contributed by atoms with Crippen LogP contribution in [0.3, 0.4) is 0 Å². The first-order valence-electron chi connectivity index (χ1n) is 6.71. The van der Waals surface area contributed by atoms with E-state index in [9.17, 15) is 0 Å². The monoisotopic (exact) mass is 244 g/mol. The minimum Gasteiger partial charge on any atom is -0.367 e. The highest BCUT2D eigenvalue weighted by Gasteiger charge is 2.16. The van der Waals surface area contributed by atoms with Gasteiger partial charge in [0.25, 0.3) is 0 Å². The van der Waals surface area contributed by atoms with Crippen molar-refractivity contribution in [3.05, 3.63) is 24.0 Å². The van der Waals surface area contributed by atoms with Crippen LogP contribution in [0.25, 0.3) is 11.0 Å². The Morgan fingerprint density at radius 1 is 1.28 bits per heavy atom. The molecule has 1 aliphatic heterocycles. The molecule has 1 saturated heterocycles. The van der Waals surface area contributed by atoms with Gasteiger partial charge in [-0.25, -0.2) is 4.98 Å². The number of nitrogens with one attached hydrogen (secondary N) is 1. The van der Waals surface area contributed by atoms with Crippen LogP contribution in [0.15, 0.2) is 18.2 Å². The molecular formula is C14H20N4. The summed E-state index contributed by atoms with van der Waals surface area (Å²) in [5, 5.41) is 3.39. The predicted molar refractivity (Wildman–Crippen MR) is 75.2 cm³/mol. The molecule has 1 aromatic heterocycles. The molecule has 0 radical (unpaired) electrons. The standard InChI is InChI=1S/C14H20N4/c1-3-13-16-14-11(17(13)2)5-4-6-12(14)18-9-7-15-8-10-18/h4-6,15H,3,7-10H2,1-2H3. The van der Waals surface area contributed by atoms with E-state index in [0.29, 0.717) is 0 Å². The number of fused-ring (bicyclic) bond motifs is 1. The Hall–Kier alpha value is -1.55. The van der Waals surface area contributed by atoms with Crippen molar-refractivity contribution in [3.8, 4) is 0 Å². The van der Waals surface area contributed by atoms with Gasteiger partial charge in [0, 0.05) is 39.6 Å². The van der Waals surface area contributed by atoms with Gasteiger partial charge in [-0.05, 0) is 12.1 Å². The van der Waals surface area contributed by atoms with Gasteiger partial charge < -0.3 is 14.8 Å². The topological polar surface area (TPSA) is 33.1 Å². The highest BCUT2D eigenvalue weighted by molar-refractivity contribution is 5.89. The van der Waals surface area contributed by atoms with Crippen LogP contribution in [0.5, 0.6) is 0 Å². The van der Waals surface area contributed by atoms with Crippen molar-refractivity contribution in [1.82, 2.24) is 14.9 Å². The van der Waals surface area contributed by atoms with Gasteiger partial charge in [0.2, 0.25) is 0 Å². The molecule has 2 aromatic rings. The molecule has 0 bridgehead atoms. The van der Waals surface area contributed by atoms with Crippen LogP contribution in [-0.4, -0.2) is 35.7 Å². The summed E-state index contributed by atoms with van der Waals surface area (Å²) in [6, 6.07) is 6.49. The summed E-state index contributed by atoms with van der Waals surface area (Å²) in [7, 11) is 2.11. The Balaban J connectivity index is 2.11. The molecule has 0 spiro atoms. The summed E-state index contributed by atoms with van der Waals surface area (Å²) in [5.41, 5.74) is 3.67. The van der Waals surface area contributed by atoms with Crippen LogP contribution in [0, 0.1) is 0 Å². The lowest BCUT2D eigenvalue weighted by molar-refractivity contribution is 0.590. The van der Waals surface area contributed by atoms with Crippen molar-refractivity contribution in [2.24, 2.45) is 7.05 Å². The lowest BCUT2D eigenvalue weighted by atomic mass is 10.2. The number of rotatable bonds is 2. The number of aromatic nitrogens is 2. The minimum absolute atomic E-state index is 0.978. The third kappa shape index (κ3) is 1.77. The molecule has 0 amide bonds. The van der Waals surface area contributed by atoms with E-state index in [1.807, 2.05) is 0 Å². The van der Waals surface area contributed by atoms with Crippen molar-refractivity contribution in [2.75, 3.05) is 31.1 Å². The van der Waals surface area contributed by atoms with Gasteiger partial charge in [-0.3, -0.25) is 0 Å². The van der Waals surface area contributed by atoms with Crippen LogP contribution < -0.4 is 10.2 Å². The maximum atomic E-state index is 4.81. The first-order chi connectivity index (χ1) is 8.81. The SMILES string of the molecule is CCc1nc2c(N3CCNCC3)cccc2n1C. The summed E-state index contributed by atoms with van der Waals surface area (Å²) in [6.45, 7) is 6.41. The van der Waals surface area contributed by atoms with Gasteiger partial charge in [0.05, 0.1) is 11.2 Å². The molecule has 0 unspecified atom stereocenters. The fourth-order valence-electron chi connectivity index (χ4n) is 2.72. The Labute approximate surface area is 108 Å². The van der Waals surface area contributed by atoms with E-state index in [1.165, 1.54) is 11.2 Å². The number of anilines is 1. The second-order valence-corrected chi connectivity index (χ2v) is 4.82. The zero-order valence-electron chi connectivity index (χ0n) is 11.1. The quantitative estimate of drug-likeness (QED) is 0.870. The number of piperazine rings is 1. The van der Waals surface area contributed by atoms with Crippen molar-refractivity contribution in [3.63, 3.8) is 0 Å². The van der Waals surface area contributed by atoms with E-state index >= 15 is 0 Å². The molecule has 18 heavy (non-hydrogen) atoms. The smallest absolute Gasteiger partial charge is 0.112 e.